The minimum Gasteiger partial charge on any atom is -0.497 e. The normalized spacial score (nSPS) is 10.4. The van der Waals surface area contributed by atoms with Crippen molar-refractivity contribution in [2.24, 2.45) is 0 Å². The van der Waals surface area contributed by atoms with Gasteiger partial charge in [-0.3, -0.25) is 9.59 Å². The zero-order valence-corrected chi connectivity index (χ0v) is 16.8. The SMILES string of the molecule is COc1ccc(-c2ccc(=O)n(CCNC(=O)c3cc(Cl)ccc3OC)n2)cc1. The predicted octanol–water partition coefficient (Wildman–Crippen LogP) is 3.01. The highest BCUT2D eigenvalue weighted by Crippen LogP contribution is 2.22. The van der Waals surface area contributed by atoms with Crippen LogP contribution in [0.5, 0.6) is 11.5 Å². The molecule has 150 valence electrons. The van der Waals surface area contributed by atoms with E-state index in [1.807, 2.05) is 24.3 Å². The van der Waals surface area contributed by atoms with Gasteiger partial charge in [0.05, 0.1) is 32.0 Å². The number of hydrogen-bond acceptors (Lipinski definition) is 5. The fourth-order valence-corrected chi connectivity index (χ4v) is 2.93. The van der Waals surface area contributed by atoms with E-state index in [9.17, 15) is 9.59 Å². The van der Waals surface area contributed by atoms with Crippen LogP contribution < -0.4 is 20.3 Å². The van der Waals surface area contributed by atoms with Crippen LogP contribution in [0.4, 0.5) is 0 Å². The molecule has 8 heteroatoms. The Morgan fingerprint density at radius 2 is 1.83 bits per heavy atom. The number of carbonyl (C=O) groups is 1. The van der Waals surface area contributed by atoms with Crippen LogP contribution in [0.25, 0.3) is 11.3 Å². The Hall–Kier alpha value is -3.32. The maximum atomic E-state index is 12.4. The number of aromatic nitrogens is 2. The van der Waals surface area contributed by atoms with E-state index in [1.54, 1.807) is 25.3 Å². The monoisotopic (exact) mass is 413 g/mol. The zero-order chi connectivity index (χ0) is 20.8. The largest absolute Gasteiger partial charge is 0.497 e. The summed E-state index contributed by atoms with van der Waals surface area (Å²) in [7, 11) is 3.08. The first-order valence-electron chi connectivity index (χ1n) is 8.86. The van der Waals surface area contributed by atoms with Crippen molar-refractivity contribution in [3.8, 4) is 22.8 Å². The van der Waals surface area contributed by atoms with Crippen molar-refractivity contribution in [3.05, 3.63) is 75.5 Å². The number of ether oxygens (including phenoxy) is 2. The van der Waals surface area contributed by atoms with E-state index >= 15 is 0 Å². The molecule has 0 saturated carbocycles. The summed E-state index contributed by atoms with van der Waals surface area (Å²) in [6.45, 7) is 0.435. The van der Waals surface area contributed by atoms with E-state index in [-0.39, 0.29) is 24.6 Å². The Morgan fingerprint density at radius 3 is 2.52 bits per heavy atom. The number of nitrogens with zero attached hydrogens (tertiary/aromatic N) is 2. The quantitative estimate of drug-likeness (QED) is 0.643. The second kappa shape index (κ2) is 9.25. The van der Waals surface area contributed by atoms with Crippen LogP contribution in [0.1, 0.15) is 10.4 Å². The zero-order valence-electron chi connectivity index (χ0n) is 16.0. The Labute approximate surface area is 172 Å². The van der Waals surface area contributed by atoms with Crippen molar-refractivity contribution in [2.45, 2.75) is 6.54 Å². The molecule has 2 aromatic carbocycles. The first-order chi connectivity index (χ1) is 14.0. The number of methoxy groups -OCH3 is 2. The van der Waals surface area contributed by atoms with Gasteiger partial charge in [-0.25, -0.2) is 4.68 Å². The molecule has 0 aliphatic heterocycles. The summed E-state index contributed by atoms with van der Waals surface area (Å²) in [6.07, 6.45) is 0. The predicted molar refractivity (Wildman–Crippen MR) is 111 cm³/mol. The van der Waals surface area contributed by atoms with Crippen molar-refractivity contribution in [3.63, 3.8) is 0 Å². The summed E-state index contributed by atoms with van der Waals surface area (Å²) in [5.74, 6) is 0.814. The second-order valence-electron chi connectivity index (χ2n) is 6.11. The molecule has 0 radical (unpaired) electrons. The molecule has 0 saturated heterocycles. The first kappa shape index (κ1) is 20.4. The van der Waals surface area contributed by atoms with Crippen LogP contribution >= 0.6 is 11.6 Å². The van der Waals surface area contributed by atoms with Gasteiger partial charge in [0, 0.05) is 23.2 Å². The smallest absolute Gasteiger partial charge is 0.266 e. The molecule has 3 aromatic rings. The third kappa shape index (κ3) is 4.94. The molecular weight excluding hydrogens is 394 g/mol. The first-order valence-corrected chi connectivity index (χ1v) is 9.24. The molecule has 0 unspecified atom stereocenters. The fourth-order valence-electron chi connectivity index (χ4n) is 2.75. The van der Waals surface area contributed by atoms with Crippen LogP contribution in [0.15, 0.2) is 59.4 Å². The lowest BCUT2D eigenvalue weighted by molar-refractivity contribution is 0.0948. The number of benzene rings is 2. The number of hydrogen-bond donors (Lipinski definition) is 1. The molecule has 1 N–H and O–H groups in total. The van der Waals surface area contributed by atoms with Crippen LogP contribution in [-0.2, 0) is 6.54 Å². The number of rotatable bonds is 7. The second-order valence-corrected chi connectivity index (χ2v) is 6.55. The number of amides is 1. The van der Waals surface area contributed by atoms with Crippen molar-refractivity contribution < 1.29 is 14.3 Å². The molecule has 0 atom stereocenters. The van der Waals surface area contributed by atoms with Crippen LogP contribution in [0.3, 0.4) is 0 Å². The van der Waals surface area contributed by atoms with E-state index in [0.717, 1.165) is 11.3 Å². The van der Waals surface area contributed by atoms with Gasteiger partial charge in [0.2, 0.25) is 0 Å². The van der Waals surface area contributed by atoms with Crippen molar-refractivity contribution in [1.29, 1.82) is 0 Å². The molecule has 0 bridgehead atoms. The van der Waals surface area contributed by atoms with Crippen molar-refractivity contribution in [2.75, 3.05) is 20.8 Å². The lowest BCUT2D eigenvalue weighted by Crippen LogP contribution is -2.32. The highest BCUT2D eigenvalue weighted by Gasteiger charge is 2.13. The lowest BCUT2D eigenvalue weighted by Gasteiger charge is -2.11. The molecule has 0 spiro atoms. The van der Waals surface area contributed by atoms with Gasteiger partial charge in [-0.1, -0.05) is 11.6 Å². The van der Waals surface area contributed by atoms with Gasteiger partial charge in [-0.2, -0.15) is 5.10 Å². The Morgan fingerprint density at radius 1 is 1.07 bits per heavy atom. The molecule has 7 nitrogen and oxygen atoms in total. The van der Waals surface area contributed by atoms with E-state index in [4.69, 9.17) is 21.1 Å². The Bertz CT molecular complexity index is 1060. The Kier molecular flexibility index (Phi) is 6.51. The van der Waals surface area contributed by atoms with Gasteiger partial charge in [0.25, 0.3) is 11.5 Å². The van der Waals surface area contributed by atoms with Crippen molar-refractivity contribution >= 4 is 17.5 Å². The van der Waals surface area contributed by atoms with E-state index in [0.29, 0.717) is 22.0 Å². The summed E-state index contributed by atoms with van der Waals surface area (Å²) in [5.41, 5.74) is 1.58. The lowest BCUT2D eigenvalue weighted by atomic mass is 10.1. The van der Waals surface area contributed by atoms with E-state index in [2.05, 4.69) is 10.4 Å². The standard InChI is InChI=1S/C21H20ClN3O4/c1-28-16-6-3-14(4-7-16)18-8-10-20(26)25(24-18)12-11-23-21(27)17-13-15(22)5-9-19(17)29-2/h3-10,13H,11-12H2,1-2H3,(H,23,27). The number of nitrogens with one attached hydrogen (secondary N) is 1. The molecule has 29 heavy (non-hydrogen) atoms. The highest BCUT2D eigenvalue weighted by molar-refractivity contribution is 6.31. The minimum absolute atomic E-state index is 0.216. The molecule has 1 aromatic heterocycles. The molecule has 1 heterocycles. The molecule has 0 fully saturated rings. The van der Waals surface area contributed by atoms with Gasteiger partial charge in [-0.05, 0) is 48.5 Å². The van der Waals surface area contributed by atoms with Gasteiger partial charge in [0.1, 0.15) is 11.5 Å². The molecule has 0 aliphatic rings. The summed E-state index contributed by atoms with van der Waals surface area (Å²) in [5, 5.41) is 7.57. The van der Waals surface area contributed by atoms with Crippen LogP contribution in [0.2, 0.25) is 5.02 Å². The van der Waals surface area contributed by atoms with Crippen molar-refractivity contribution in [1.82, 2.24) is 15.1 Å². The fraction of sp³-hybridized carbons (Fsp3) is 0.190. The van der Waals surface area contributed by atoms with Crippen LogP contribution in [-0.4, -0.2) is 36.5 Å². The van der Waals surface area contributed by atoms with Crippen LogP contribution in [0, 0.1) is 0 Å². The number of carbonyl (C=O) groups excluding carboxylic acids is 1. The Balaban J connectivity index is 1.70. The maximum absolute atomic E-state index is 12.4. The summed E-state index contributed by atoms with van der Waals surface area (Å²) in [6, 6.07) is 15.3. The third-order valence-corrected chi connectivity index (χ3v) is 4.50. The van der Waals surface area contributed by atoms with Gasteiger partial charge >= 0.3 is 0 Å². The third-order valence-electron chi connectivity index (χ3n) is 4.27. The minimum atomic E-state index is -0.344. The average Bonchev–Trinajstić information content (AvgIpc) is 2.75. The molecule has 0 aliphatic carbocycles. The van der Waals surface area contributed by atoms with Gasteiger partial charge < -0.3 is 14.8 Å². The molecular formula is C21H20ClN3O4. The average molecular weight is 414 g/mol. The van der Waals surface area contributed by atoms with E-state index < -0.39 is 0 Å². The summed E-state index contributed by atoms with van der Waals surface area (Å²) < 4.78 is 11.7. The van der Waals surface area contributed by atoms with Gasteiger partial charge in [0.15, 0.2) is 0 Å². The molecule has 1 amide bonds. The molecule has 3 rings (SSSR count). The van der Waals surface area contributed by atoms with E-state index in [1.165, 1.54) is 23.9 Å². The van der Waals surface area contributed by atoms with Gasteiger partial charge in [-0.15, -0.1) is 0 Å². The summed E-state index contributed by atoms with van der Waals surface area (Å²) in [4.78, 5) is 24.6. The highest BCUT2D eigenvalue weighted by atomic mass is 35.5. The summed E-state index contributed by atoms with van der Waals surface area (Å²) >= 11 is 5.96. The maximum Gasteiger partial charge on any atom is 0.266 e. The topological polar surface area (TPSA) is 82.5 Å². The number of halogens is 1.